The Balaban J connectivity index is 2.07. The summed E-state index contributed by atoms with van der Waals surface area (Å²) in [4.78, 5) is 25.8. The lowest BCUT2D eigenvalue weighted by Gasteiger charge is -2.42. The number of halogens is 1. The molecule has 2 saturated carbocycles. The van der Waals surface area contributed by atoms with E-state index in [9.17, 15) is 23.1 Å². The number of carbonyl (C=O) groups is 2. The molecule has 28 heavy (non-hydrogen) atoms. The Morgan fingerprint density at radius 2 is 1.82 bits per heavy atom. The van der Waals surface area contributed by atoms with Gasteiger partial charge in [-0.15, -0.1) is 6.42 Å². The zero-order valence-electron chi connectivity index (χ0n) is 15.4. The third-order valence-electron chi connectivity index (χ3n) is 5.80. The van der Waals surface area contributed by atoms with Crippen molar-refractivity contribution in [2.75, 3.05) is 4.90 Å². The molecule has 2 aliphatic rings. The Morgan fingerprint density at radius 1 is 1.18 bits per heavy atom. The number of carboxylic acids is 1. The van der Waals surface area contributed by atoms with Crippen molar-refractivity contribution < 1.29 is 23.1 Å². The van der Waals surface area contributed by atoms with Crippen LogP contribution < -0.4 is 4.90 Å². The van der Waals surface area contributed by atoms with Crippen LogP contribution in [0.3, 0.4) is 0 Å². The predicted molar refractivity (Wildman–Crippen MR) is 106 cm³/mol. The first-order valence-electron chi connectivity index (χ1n) is 9.32. The molecular weight excluding hydrogens is 402 g/mol. The minimum atomic E-state index is -3.55. The van der Waals surface area contributed by atoms with E-state index in [2.05, 4.69) is 0 Å². The molecule has 0 aliphatic heterocycles. The van der Waals surface area contributed by atoms with Crippen LogP contribution in [0.25, 0.3) is 0 Å². The molecule has 3 rings (SSSR count). The van der Waals surface area contributed by atoms with Crippen LogP contribution >= 0.6 is 11.6 Å². The molecule has 8 heteroatoms. The number of hydrogen-bond donors (Lipinski definition) is 1. The summed E-state index contributed by atoms with van der Waals surface area (Å²) >= 11 is 6.28. The van der Waals surface area contributed by atoms with Crippen molar-refractivity contribution in [3.8, 4) is 12.3 Å². The first kappa shape index (κ1) is 20.7. The number of benzene rings is 1. The average Bonchev–Trinajstić information content (AvgIpc) is 2.60. The third kappa shape index (κ3) is 3.40. The van der Waals surface area contributed by atoms with E-state index in [0.29, 0.717) is 25.7 Å². The highest BCUT2D eigenvalue weighted by atomic mass is 35.5. The first-order valence-corrected chi connectivity index (χ1v) is 11.2. The molecule has 1 N–H and O–H groups in total. The minimum Gasteiger partial charge on any atom is -0.479 e. The van der Waals surface area contributed by atoms with Gasteiger partial charge < -0.3 is 5.11 Å². The smallest absolute Gasteiger partial charge is 0.330 e. The Labute approximate surface area is 169 Å². The molecule has 6 nitrogen and oxygen atoms in total. The maximum atomic E-state index is 12.7. The summed E-state index contributed by atoms with van der Waals surface area (Å²) in [5, 5.41) is 9.47. The van der Waals surface area contributed by atoms with Gasteiger partial charge in [-0.1, -0.05) is 37.3 Å². The van der Waals surface area contributed by atoms with Crippen molar-refractivity contribution in [1.29, 1.82) is 0 Å². The molecular formula is C20H22ClNO5S. The Bertz CT molecular complexity index is 940. The van der Waals surface area contributed by atoms with Gasteiger partial charge in [-0.3, -0.25) is 9.69 Å². The summed E-state index contributed by atoms with van der Waals surface area (Å²) < 4.78 is 25.4. The van der Waals surface area contributed by atoms with Gasteiger partial charge in [0.2, 0.25) is 0 Å². The summed E-state index contributed by atoms with van der Waals surface area (Å²) in [6, 6.07) is 4.11. The molecule has 0 saturated heterocycles. The Hall–Kier alpha value is -2.04. The summed E-state index contributed by atoms with van der Waals surface area (Å²) in [5.74, 6) is 0.0944. The molecule has 0 aromatic heterocycles. The molecule has 1 amide bonds. The highest BCUT2D eigenvalue weighted by Crippen LogP contribution is 2.40. The number of hydrogen-bond acceptors (Lipinski definition) is 4. The number of carbonyl (C=O) groups excluding carboxylic acids is 1. The lowest BCUT2D eigenvalue weighted by molar-refractivity contribution is -0.146. The fourth-order valence-corrected chi connectivity index (χ4v) is 6.41. The van der Waals surface area contributed by atoms with Crippen molar-refractivity contribution in [2.24, 2.45) is 0 Å². The number of sulfone groups is 1. The highest BCUT2D eigenvalue weighted by Gasteiger charge is 2.48. The molecule has 0 radical (unpaired) electrons. The molecule has 2 fully saturated rings. The van der Waals surface area contributed by atoms with E-state index in [4.69, 9.17) is 18.0 Å². The van der Waals surface area contributed by atoms with Crippen molar-refractivity contribution in [2.45, 2.75) is 67.1 Å². The van der Waals surface area contributed by atoms with E-state index in [1.807, 2.05) is 5.92 Å². The standard InChI is InChI=1S/C20H22ClNO5S/c1-2-18(23)22(20(19(24)25)11-4-3-5-12-20)14-9-10-17(16(21)13-14)28(26,27)15-7-6-8-15/h1,9-10,13,15H,3-8,11-12H2,(H,24,25). The van der Waals surface area contributed by atoms with Crippen LogP contribution in [0, 0.1) is 12.3 Å². The number of nitrogens with zero attached hydrogens (tertiary/aromatic N) is 1. The maximum Gasteiger partial charge on any atom is 0.330 e. The largest absolute Gasteiger partial charge is 0.479 e. The number of aliphatic carboxylic acids is 1. The third-order valence-corrected chi connectivity index (χ3v) is 8.55. The van der Waals surface area contributed by atoms with Gasteiger partial charge in [0, 0.05) is 5.69 Å². The number of amides is 1. The van der Waals surface area contributed by atoms with Crippen molar-refractivity contribution in [3.05, 3.63) is 23.2 Å². The second-order valence-electron chi connectivity index (χ2n) is 7.39. The van der Waals surface area contributed by atoms with Crippen LogP contribution in [0.5, 0.6) is 0 Å². The van der Waals surface area contributed by atoms with E-state index in [0.717, 1.165) is 17.7 Å². The average molecular weight is 424 g/mol. The van der Waals surface area contributed by atoms with Crippen LogP contribution in [-0.2, 0) is 19.4 Å². The fraction of sp³-hybridized carbons (Fsp3) is 0.500. The normalized spacial score (nSPS) is 19.3. The lowest BCUT2D eigenvalue weighted by Crippen LogP contribution is -2.58. The minimum absolute atomic E-state index is 0.00347. The quantitative estimate of drug-likeness (QED) is 0.732. The molecule has 0 unspecified atom stereocenters. The fourth-order valence-electron chi connectivity index (χ4n) is 4.01. The van der Waals surface area contributed by atoms with Gasteiger partial charge >= 0.3 is 11.9 Å². The van der Waals surface area contributed by atoms with Crippen LogP contribution in [0.4, 0.5) is 5.69 Å². The molecule has 0 heterocycles. The molecule has 2 aliphatic carbocycles. The number of carboxylic acid groups (broad SMARTS) is 1. The van der Waals surface area contributed by atoms with Crippen LogP contribution in [0.1, 0.15) is 51.4 Å². The lowest BCUT2D eigenvalue weighted by atomic mass is 9.79. The van der Waals surface area contributed by atoms with Gasteiger partial charge in [0.1, 0.15) is 5.54 Å². The summed E-state index contributed by atoms with van der Waals surface area (Å²) in [5.41, 5.74) is -1.26. The molecule has 0 spiro atoms. The SMILES string of the molecule is C#CC(=O)N(c1ccc(S(=O)(=O)C2CCC2)c(Cl)c1)C1(C(=O)O)CCCCC1. The number of rotatable bonds is 5. The van der Waals surface area contributed by atoms with Crippen molar-refractivity contribution in [3.63, 3.8) is 0 Å². The van der Waals surface area contributed by atoms with E-state index in [1.165, 1.54) is 18.2 Å². The molecule has 0 bridgehead atoms. The second-order valence-corrected chi connectivity index (χ2v) is 10.00. The van der Waals surface area contributed by atoms with E-state index in [1.54, 1.807) is 0 Å². The van der Waals surface area contributed by atoms with Gasteiger partial charge in [0.25, 0.3) is 0 Å². The van der Waals surface area contributed by atoms with E-state index in [-0.39, 0.29) is 28.4 Å². The van der Waals surface area contributed by atoms with E-state index >= 15 is 0 Å². The molecule has 150 valence electrons. The van der Waals surface area contributed by atoms with Crippen LogP contribution in [0.2, 0.25) is 5.02 Å². The van der Waals surface area contributed by atoms with Crippen LogP contribution in [0.15, 0.2) is 23.1 Å². The zero-order valence-corrected chi connectivity index (χ0v) is 16.9. The first-order chi connectivity index (χ1) is 13.2. The number of terminal acetylenes is 1. The zero-order chi connectivity index (χ0) is 20.5. The predicted octanol–water partition coefficient (Wildman–Crippen LogP) is 3.42. The number of anilines is 1. The molecule has 0 atom stereocenters. The highest BCUT2D eigenvalue weighted by molar-refractivity contribution is 7.92. The summed E-state index contributed by atoms with van der Waals surface area (Å²) in [6.45, 7) is 0. The van der Waals surface area contributed by atoms with E-state index < -0.39 is 32.5 Å². The Kier molecular flexibility index (Phi) is 5.74. The Morgan fingerprint density at radius 3 is 2.29 bits per heavy atom. The van der Waals surface area contributed by atoms with Crippen molar-refractivity contribution in [1.82, 2.24) is 0 Å². The topological polar surface area (TPSA) is 91.8 Å². The monoisotopic (exact) mass is 423 g/mol. The van der Waals surface area contributed by atoms with Gasteiger partial charge in [-0.05, 0) is 49.8 Å². The van der Waals surface area contributed by atoms with Crippen molar-refractivity contribution >= 4 is 39.0 Å². The van der Waals surface area contributed by atoms with Gasteiger partial charge in [0.05, 0.1) is 15.2 Å². The molecule has 1 aromatic carbocycles. The summed E-state index contributed by atoms with van der Waals surface area (Å²) in [7, 11) is -3.55. The van der Waals surface area contributed by atoms with Gasteiger partial charge in [-0.25, -0.2) is 13.2 Å². The van der Waals surface area contributed by atoms with Crippen LogP contribution in [-0.4, -0.2) is 36.2 Å². The maximum absolute atomic E-state index is 12.7. The van der Waals surface area contributed by atoms with Gasteiger partial charge in [-0.2, -0.15) is 0 Å². The second kappa shape index (κ2) is 7.76. The van der Waals surface area contributed by atoms with Gasteiger partial charge in [0.15, 0.2) is 9.84 Å². The summed E-state index contributed by atoms with van der Waals surface area (Å²) in [6.07, 6.45) is 10.1. The molecule has 1 aromatic rings.